The van der Waals surface area contributed by atoms with Crippen LogP contribution in [0, 0.1) is 0 Å². The van der Waals surface area contributed by atoms with E-state index < -0.39 is 0 Å². The summed E-state index contributed by atoms with van der Waals surface area (Å²) in [5.74, 6) is 0.791. The lowest BCUT2D eigenvalue weighted by Crippen LogP contribution is -2.13. The molecule has 0 fully saturated rings. The summed E-state index contributed by atoms with van der Waals surface area (Å²) >= 11 is 0. The van der Waals surface area contributed by atoms with Crippen LogP contribution in [0.4, 0.5) is 0 Å². The van der Waals surface area contributed by atoms with Crippen LogP contribution < -0.4 is 10.9 Å². The van der Waals surface area contributed by atoms with E-state index in [2.05, 4.69) is 43.9 Å². The van der Waals surface area contributed by atoms with Crippen molar-refractivity contribution in [3.63, 3.8) is 0 Å². The minimum Gasteiger partial charge on any atom is -0.237 e. The molecule has 14 heavy (non-hydrogen) atoms. The molecule has 2 nitrogen and oxygen atoms in total. The van der Waals surface area contributed by atoms with Crippen LogP contribution >= 0.6 is 0 Å². The first-order valence-corrected chi connectivity index (χ1v) is 4.61. The van der Waals surface area contributed by atoms with Crippen molar-refractivity contribution in [1.29, 1.82) is 0 Å². The molecule has 1 aromatic heterocycles. The molecule has 0 atom stereocenters. The van der Waals surface area contributed by atoms with Crippen LogP contribution in [0.15, 0.2) is 36.7 Å². The Hall–Kier alpha value is -1.57. The molecule has 2 rings (SSSR count). The summed E-state index contributed by atoms with van der Waals surface area (Å²) in [5.41, 5.74) is 3.57. The van der Waals surface area contributed by atoms with Gasteiger partial charge < -0.3 is 0 Å². The quantitative estimate of drug-likeness (QED) is 0.507. The van der Waals surface area contributed by atoms with Crippen LogP contribution in [-0.2, 0) is 0 Å². The predicted molar refractivity (Wildman–Crippen MR) is 63.8 cm³/mol. The zero-order valence-electron chi connectivity index (χ0n) is 8.36. The lowest BCUT2D eigenvalue weighted by molar-refractivity contribution is 1.18. The van der Waals surface area contributed by atoms with Crippen molar-refractivity contribution in [2.75, 3.05) is 0 Å². The highest BCUT2D eigenvalue weighted by molar-refractivity contribution is 6.38. The molecule has 0 aliphatic carbocycles. The molecular weight excluding hydrogens is 170 g/mol. The standard InChI is InChI=1S/C10H10B2N2/c11-8-4-7(5-9(12)6-8)10-13-2-1-3-14-10/h1-6H,11-12H2. The molecule has 0 amide bonds. The summed E-state index contributed by atoms with van der Waals surface area (Å²) in [5, 5.41) is 0. The minimum absolute atomic E-state index is 0.791. The van der Waals surface area contributed by atoms with E-state index in [-0.39, 0.29) is 0 Å². The van der Waals surface area contributed by atoms with Crippen molar-refractivity contribution in [1.82, 2.24) is 9.97 Å². The third kappa shape index (κ3) is 1.84. The van der Waals surface area contributed by atoms with Crippen molar-refractivity contribution < 1.29 is 0 Å². The van der Waals surface area contributed by atoms with Crippen molar-refractivity contribution in [3.8, 4) is 11.4 Å². The highest BCUT2D eigenvalue weighted by Crippen LogP contribution is 2.09. The van der Waals surface area contributed by atoms with E-state index in [0.717, 1.165) is 11.4 Å². The fourth-order valence-electron chi connectivity index (χ4n) is 1.55. The largest absolute Gasteiger partial charge is 0.237 e. The zero-order valence-corrected chi connectivity index (χ0v) is 8.36. The maximum atomic E-state index is 4.22. The Morgan fingerprint density at radius 1 is 0.857 bits per heavy atom. The second-order valence-corrected chi connectivity index (χ2v) is 3.45. The molecule has 66 valence electrons. The van der Waals surface area contributed by atoms with Crippen LogP contribution in [0.2, 0.25) is 0 Å². The molecule has 0 N–H and O–H groups in total. The Balaban J connectivity index is 2.52. The van der Waals surface area contributed by atoms with Gasteiger partial charge in [-0.1, -0.05) is 29.1 Å². The Morgan fingerprint density at radius 2 is 1.43 bits per heavy atom. The first-order chi connectivity index (χ1) is 6.75. The maximum absolute atomic E-state index is 4.22. The van der Waals surface area contributed by atoms with Gasteiger partial charge in [0.05, 0.1) is 0 Å². The summed E-state index contributed by atoms with van der Waals surface area (Å²) in [4.78, 5) is 8.44. The minimum atomic E-state index is 0.791. The monoisotopic (exact) mass is 180 g/mol. The SMILES string of the molecule is Bc1cc(B)cc(-c2ncccn2)c1. The van der Waals surface area contributed by atoms with Crippen LogP contribution in [0.1, 0.15) is 0 Å². The van der Waals surface area contributed by atoms with Crippen molar-refractivity contribution in [3.05, 3.63) is 36.7 Å². The number of hydrogen-bond donors (Lipinski definition) is 0. The van der Waals surface area contributed by atoms with E-state index in [0.29, 0.717) is 0 Å². The van der Waals surface area contributed by atoms with E-state index in [1.165, 1.54) is 10.9 Å². The number of aromatic nitrogens is 2. The van der Waals surface area contributed by atoms with E-state index >= 15 is 0 Å². The van der Waals surface area contributed by atoms with Gasteiger partial charge in [-0.05, 0) is 6.07 Å². The number of nitrogens with zero attached hydrogens (tertiary/aromatic N) is 2. The Labute approximate surface area is 85.2 Å². The van der Waals surface area contributed by atoms with Gasteiger partial charge in [0, 0.05) is 18.0 Å². The maximum Gasteiger partial charge on any atom is 0.159 e. The predicted octanol–water partition coefficient (Wildman–Crippen LogP) is -1.34. The van der Waals surface area contributed by atoms with Crippen LogP contribution in [0.25, 0.3) is 11.4 Å². The molecule has 0 saturated heterocycles. The van der Waals surface area contributed by atoms with E-state index in [1.54, 1.807) is 12.4 Å². The fraction of sp³-hybridized carbons (Fsp3) is 0. The second-order valence-electron chi connectivity index (χ2n) is 3.45. The second kappa shape index (κ2) is 3.66. The molecule has 0 radical (unpaired) electrons. The normalized spacial score (nSPS) is 10.0. The summed E-state index contributed by atoms with van der Waals surface area (Å²) < 4.78 is 0. The first kappa shape index (κ1) is 9.00. The summed E-state index contributed by atoms with van der Waals surface area (Å²) in [7, 11) is 4.17. The lowest BCUT2D eigenvalue weighted by atomic mass is 9.85. The first-order valence-electron chi connectivity index (χ1n) is 4.61. The third-order valence-corrected chi connectivity index (χ3v) is 2.05. The fourth-order valence-corrected chi connectivity index (χ4v) is 1.55. The molecule has 0 bridgehead atoms. The van der Waals surface area contributed by atoms with Gasteiger partial charge in [0.15, 0.2) is 5.82 Å². The van der Waals surface area contributed by atoms with E-state index in [1.807, 2.05) is 6.07 Å². The Morgan fingerprint density at radius 3 is 2.00 bits per heavy atom. The molecule has 0 aliphatic rings. The number of hydrogen-bond acceptors (Lipinski definition) is 2. The average Bonchev–Trinajstić information content (AvgIpc) is 2.18. The number of benzene rings is 1. The van der Waals surface area contributed by atoms with Gasteiger partial charge in [0.25, 0.3) is 0 Å². The molecule has 1 aromatic carbocycles. The summed E-state index contributed by atoms with van der Waals surface area (Å²) in [6, 6.07) is 8.17. The van der Waals surface area contributed by atoms with Crippen molar-refractivity contribution in [2.45, 2.75) is 0 Å². The molecule has 0 saturated carbocycles. The highest BCUT2D eigenvalue weighted by atomic mass is 14.8. The molecule has 0 spiro atoms. The molecule has 2 aromatic rings. The zero-order chi connectivity index (χ0) is 9.97. The van der Waals surface area contributed by atoms with E-state index in [4.69, 9.17) is 0 Å². The molecule has 0 aliphatic heterocycles. The molecule has 4 heteroatoms. The average molecular weight is 180 g/mol. The topological polar surface area (TPSA) is 25.8 Å². The molecule has 1 heterocycles. The van der Waals surface area contributed by atoms with Crippen molar-refractivity contribution in [2.24, 2.45) is 0 Å². The third-order valence-electron chi connectivity index (χ3n) is 2.05. The van der Waals surface area contributed by atoms with Gasteiger partial charge in [-0.25, -0.2) is 9.97 Å². The Bertz CT molecular complexity index is 423. The van der Waals surface area contributed by atoms with Crippen LogP contribution in [0.3, 0.4) is 0 Å². The van der Waals surface area contributed by atoms with Gasteiger partial charge in [-0.2, -0.15) is 0 Å². The molecule has 0 unspecified atom stereocenters. The van der Waals surface area contributed by atoms with Crippen LogP contribution in [0.5, 0.6) is 0 Å². The van der Waals surface area contributed by atoms with Gasteiger partial charge in [-0.15, -0.1) is 0 Å². The van der Waals surface area contributed by atoms with E-state index in [9.17, 15) is 0 Å². The molecular formula is C10H10B2N2. The Kier molecular flexibility index (Phi) is 2.35. The van der Waals surface area contributed by atoms with Gasteiger partial charge in [0.2, 0.25) is 0 Å². The van der Waals surface area contributed by atoms with Crippen LogP contribution in [-0.4, -0.2) is 25.7 Å². The summed E-state index contributed by atoms with van der Waals surface area (Å²) in [6.45, 7) is 0. The van der Waals surface area contributed by atoms with Gasteiger partial charge in [0.1, 0.15) is 15.7 Å². The summed E-state index contributed by atoms with van der Waals surface area (Å²) in [6.07, 6.45) is 3.53. The number of rotatable bonds is 1. The van der Waals surface area contributed by atoms with Gasteiger partial charge in [-0.3, -0.25) is 0 Å². The lowest BCUT2D eigenvalue weighted by Gasteiger charge is -2.02. The van der Waals surface area contributed by atoms with Gasteiger partial charge >= 0.3 is 0 Å². The smallest absolute Gasteiger partial charge is 0.159 e. The van der Waals surface area contributed by atoms with Crippen molar-refractivity contribution >= 4 is 26.6 Å². The highest BCUT2D eigenvalue weighted by Gasteiger charge is 2.00.